The van der Waals surface area contributed by atoms with Crippen molar-refractivity contribution in [1.29, 1.82) is 0 Å². The van der Waals surface area contributed by atoms with Crippen molar-refractivity contribution in [3.05, 3.63) is 164 Å². The van der Waals surface area contributed by atoms with Gasteiger partial charge in [-0.15, -0.1) is 16.4 Å². The van der Waals surface area contributed by atoms with E-state index < -0.39 is 0 Å². The van der Waals surface area contributed by atoms with Crippen molar-refractivity contribution >= 4 is 110 Å². The van der Waals surface area contributed by atoms with Crippen LogP contribution in [0, 0.1) is 0 Å². The van der Waals surface area contributed by atoms with E-state index in [0.29, 0.717) is 39.7 Å². The Morgan fingerprint density at radius 1 is 0.344 bits per heavy atom. The molecule has 0 aliphatic carbocycles. The molecule has 0 spiro atoms. The molecule has 10 heteroatoms. The second kappa shape index (κ2) is 14.5. The van der Waals surface area contributed by atoms with Gasteiger partial charge in [0.15, 0.2) is 17.5 Å². The van der Waals surface area contributed by atoms with E-state index in [1.807, 2.05) is 72.8 Å². The molecule has 10 radical (unpaired) electrons. The van der Waals surface area contributed by atoms with Crippen LogP contribution in [0.25, 0.3) is 106 Å². The first-order valence-corrected chi connectivity index (χ1v) is 19.8. The molecule has 61 heavy (non-hydrogen) atoms. The van der Waals surface area contributed by atoms with Crippen LogP contribution >= 0.6 is 0 Å². The molecule has 5 nitrogen and oxygen atoms in total. The number of rotatable bonds is 6. The van der Waals surface area contributed by atoms with Gasteiger partial charge in [-0.25, -0.2) is 15.0 Å². The van der Waals surface area contributed by atoms with Crippen molar-refractivity contribution in [2.75, 3.05) is 0 Å². The van der Waals surface area contributed by atoms with Gasteiger partial charge in [-0.3, -0.25) is 0 Å². The number of hydrogen-bond donors (Lipinski definition) is 0. The fourth-order valence-corrected chi connectivity index (χ4v) is 8.43. The fraction of sp³-hybridized carbons (Fsp3) is 0. The summed E-state index contributed by atoms with van der Waals surface area (Å²) in [5, 5.41) is 4.38. The molecule has 0 atom stereocenters. The lowest BCUT2D eigenvalue weighted by Gasteiger charge is -2.21. The molecule has 0 unspecified atom stereocenters. The lowest BCUT2D eigenvalue weighted by molar-refractivity contribution is 0.669. The maximum Gasteiger partial charge on any atom is 0.164 e. The number of hydrogen-bond acceptors (Lipinski definition) is 4. The molecule has 0 amide bonds. The summed E-state index contributed by atoms with van der Waals surface area (Å²) in [5.41, 5.74) is 11.7. The van der Waals surface area contributed by atoms with Crippen LogP contribution in [0.3, 0.4) is 0 Å². The van der Waals surface area contributed by atoms with Gasteiger partial charge >= 0.3 is 0 Å². The highest BCUT2D eigenvalue weighted by Gasteiger charge is 2.19. The van der Waals surface area contributed by atoms with Crippen molar-refractivity contribution in [1.82, 2.24) is 19.5 Å². The molecule has 3 aromatic heterocycles. The predicted octanol–water partition coefficient (Wildman–Crippen LogP) is 7.17. The zero-order chi connectivity index (χ0) is 41.4. The van der Waals surface area contributed by atoms with Gasteiger partial charge in [0.1, 0.15) is 50.4 Å². The monoisotopic (exact) mass is 766 g/mol. The van der Waals surface area contributed by atoms with Crippen LogP contribution in [0.1, 0.15) is 0 Å². The van der Waals surface area contributed by atoms with E-state index in [-0.39, 0.29) is 27.3 Å². The highest BCUT2D eigenvalue weighted by Crippen LogP contribution is 2.38. The number of para-hydroxylation sites is 1. The van der Waals surface area contributed by atoms with Gasteiger partial charge in [-0.2, -0.15) is 0 Å². The Morgan fingerprint density at radius 3 is 1.64 bits per heavy atom. The zero-order valence-electron chi connectivity index (χ0n) is 32.7. The third kappa shape index (κ3) is 6.12. The molecule has 8 aromatic carbocycles. The Balaban J connectivity index is 1.03. The van der Waals surface area contributed by atoms with E-state index in [1.165, 1.54) is 16.3 Å². The van der Waals surface area contributed by atoms with Crippen molar-refractivity contribution in [2.24, 2.45) is 0 Å². The van der Waals surface area contributed by atoms with E-state index >= 15 is 0 Å². The smallest absolute Gasteiger partial charge is 0.164 e. The highest BCUT2D eigenvalue weighted by atomic mass is 16.3. The maximum absolute atomic E-state index is 6.55. The maximum atomic E-state index is 6.55. The largest absolute Gasteiger partial charge is 0.456 e. The average molecular weight is 766 g/mol. The minimum atomic E-state index is 0.159. The Hall–Kier alpha value is -7.31. The van der Waals surface area contributed by atoms with E-state index in [4.69, 9.17) is 58.6 Å². The third-order valence-corrected chi connectivity index (χ3v) is 11.5. The van der Waals surface area contributed by atoms with Gasteiger partial charge in [-0.1, -0.05) is 126 Å². The molecule has 0 fully saturated rings. The molecule has 11 aromatic rings. The van der Waals surface area contributed by atoms with E-state index in [1.54, 1.807) is 0 Å². The first-order valence-electron chi connectivity index (χ1n) is 19.8. The summed E-state index contributed by atoms with van der Waals surface area (Å²) in [4.78, 5) is 15.0. The molecular formula is C51H27B5N4O. The van der Waals surface area contributed by atoms with Crippen LogP contribution in [0.15, 0.2) is 168 Å². The Bertz CT molecular complexity index is 3520. The van der Waals surface area contributed by atoms with Crippen molar-refractivity contribution in [3.8, 4) is 62.1 Å². The van der Waals surface area contributed by atoms with Crippen molar-refractivity contribution < 1.29 is 4.42 Å². The molecule has 272 valence electrons. The van der Waals surface area contributed by atoms with Gasteiger partial charge in [0.2, 0.25) is 0 Å². The summed E-state index contributed by atoms with van der Waals surface area (Å²) in [7, 11) is 31.5. The Kier molecular flexibility index (Phi) is 8.71. The Labute approximate surface area is 358 Å². The lowest BCUT2D eigenvalue weighted by atomic mass is 9.59. The molecule has 0 saturated carbocycles. The second-order valence-electron chi connectivity index (χ2n) is 15.1. The van der Waals surface area contributed by atoms with E-state index in [2.05, 4.69) is 95.6 Å². The molecule has 0 N–H and O–H groups in total. The first kappa shape index (κ1) is 36.8. The summed E-state index contributed by atoms with van der Waals surface area (Å²) >= 11 is 0. The van der Waals surface area contributed by atoms with Crippen molar-refractivity contribution in [3.63, 3.8) is 0 Å². The number of nitrogens with zero attached hydrogens (tertiary/aromatic N) is 4. The lowest BCUT2D eigenvalue weighted by Crippen LogP contribution is -2.55. The summed E-state index contributed by atoms with van der Waals surface area (Å²) in [6.07, 6.45) is 0. The van der Waals surface area contributed by atoms with Crippen LogP contribution in [0.5, 0.6) is 0 Å². The summed E-state index contributed by atoms with van der Waals surface area (Å²) in [6.45, 7) is 0. The topological polar surface area (TPSA) is 56.7 Å². The third-order valence-electron chi connectivity index (χ3n) is 11.5. The summed E-state index contributed by atoms with van der Waals surface area (Å²) in [5.74, 6) is 1.45. The summed E-state index contributed by atoms with van der Waals surface area (Å²) < 4.78 is 8.89. The summed E-state index contributed by atoms with van der Waals surface area (Å²) in [6, 6.07) is 55.7. The minimum absolute atomic E-state index is 0.159. The molecule has 3 heterocycles. The predicted molar refractivity (Wildman–Crippen MR) is 256 cm³/mol. The van der Waals surface area contributed by atoms with Crippen LogP contribution in [0.4, 0.5) is 0 Å². The van der Waals surface area contributed by atoms with Crippen LogP contribution < -0.4 is 27.3 Å². The zero-order valence-corrected chi connectivity index (χ0v) is 32.7. The molecular weight excluding hydrogens is 739 g/mol. The number of fused-ring (bicyclic) bond motifs is 6. The van der Waals surface area contributed by atoms with E-state index in [0.717, 1.165) is 49.8 Å². The number of furan rings is 1. The molecule has 0 saturated heterocycles. The molecule has 0 aliphatic heterocycles. The number of benzene rings is 8. The minimum Gasteiger partial charge on any atom is -0.456 e. The van der Waals surface area contributed by atoms with Crippen molar-refractivity contribution in [2.45, 2.75) is 0 Å². The molecule has 0 bridgehead atoms. The molecule has 0 aliphatic rings. The second-order valence-corrected chi connectivity index (χ2v) is 15.1. The average Bonchev–Trinajstić information content (AvgIpc) is 3.85. The van der Waals surface area contributed by atoms with Crippen LogP contribution in [-0.4, -0.2) is 58.8 Å². The van der Waals surface area contributed by atoms with Crippen LogP contribution in [0.2, 0.25) is 0 Å². The van der Waals surface area contributed by atoms with E-state index in [9.17, 15) is 0 Å². The van der Waals surface area contributed by atoms with Gasteiger partial charge < -0.3 is 8.98 Å². The van der Waals surface area contributed by atoms with Gasteiger partial charge in [0.25, 0.3) is 0 Å². The quantitative estimate of drug-likeness (QED) is 0.169. The van der Waals surface area contributed by atoms with Gasteiger partial charge in [0, 0.05) is 43.9 Å². The SMILES string of the molecule is [B]c1c([B])c([B])c(-c2cccc(-c3nc(-c4ccccc4)nc(-c4ccc5c(c4)oc4ccc(-n6c7ccccc7c7ccc(-c8ccccc8)cc76)cc45)n3)c2)c([B])c1[B]. The Morgan fingerprint density at radius 2 is 0.902 bits per heavy atom. The van der Waals surface area contributed by atoms with Gasteiger partial charge in [0.05, 0.1) is 11.0 Å². The standard InChI is InChI=1S/C51H27B5N4O/c52-44-43(45(53)47(55)48(56)46(44)54)31-14-9-15-32(24-31)50-57-49(29-12-5-2-6-13-29)58-51(59-50)33-19-22-37-38-27-34(20-23-41(38)61-42(37)26-33)60-39-17-8-7-16-35(39)36-21-18-30(25-40(36)60)28-10-3-1-4-11-28/h1-27H. The highest BCUT2D eigenvalue weighted by molar-refractivity contribution is 6.68. The number of aromatic nitrogens is 4. The van der Waals surface area contributed by atoms with Crippen LogP contribution in [-0.2, 0) is 0 Å². The molecule has 11 rings (SSSR count). The first-order chi connectivity index (χ1) is 29.8. The van der Waals surface area contributed by atoms with Gasteiger partial charge in [-0.05, 0) is 70.8 Å². The normalized spacial score (nSPS) is 11.6. The fourth-order valence-electron chi connectivity index (χ4n) is 8.43.